The minimum absolute atomic E-state index is 0.336. The first kappa shape index (κ1) is 12.7. The number of hydrogen-bond acceptors (Lipinski definition) is 3. The summed E-state index contributed by atoms with van der Waals surface area (Å²) in [5, 5.41) is 3.74. The van der Waals surface area contributed by atoms with Gasteiger partial charge in [-0.2, -0.15) is 5.10 Å². The summed E-state index contributed by atoms with van der Waals surface area (Å²) in [4.78, 5) is 11.6. The smallest absolute Gasteiger partial charge is 0.271 e. The maximum absolute atomic E-state index is 12.7. The van der Waals surface area contributed by atoms with Crippen LogP contribution in [0, 0.1) is 9.58 Å². The number of rotatable bonds is 3. The van der Waals surface area contributed by atoms with E-state index in [9.17, 15) is 9.18 Å². The van der Waals surface area contributed by atoms with Crippen molar-refractivity contribution in [2.24, 2.45) is 5.10 Å². The summed E-state index contributed by atoms with van der Waals surface area (Å²) in [6.45, 7) is 0. The molecule has 2 aromatic rings. The standard InChI is InChI=1S/C12H8FIN2O2/c13-9-3-1-8(2-4-9)12(17)16-15-7-10-5-6-11(14)18-10/h1-7H,(H,16,17)/b15-7+. The first-order valence-electron chi connectivity index (χ1n) is 4.99. The molecule has 1 aromatic carbocycles. The number of carbonyl (C=O) groups is 1. The lowest BCUT2D eigenvalue weighted by Gasteiger charge is -1.98. The number of nitrogens with one attached hydrogen (secondary N) is 1. The van der Waals surface area contributed by atoms with Gasteiger partial charge in [0.15, 0.2) is 3.77 Å². The topological polar surface area (TPSA) is 54.6 Å². The fraction of sp³-hybridized carbons (Fsp3) is 0. The number of hydrogen-bond donors (Lipinski definition) is 1. The average Bonchev–Trinajstić information content (AvgIpc) is 2.76. The Kier molecular flexibility index (Phi) is 4.08. The van der Waals surface area contributed by atoms with Gasteiger partial charge in [0.25, 0.3) is 5.91 Å². The Morgan fingerprint density at radius 3 is 2.61 bits per heavy atom. The van der Waals surface area contributed by atoms with E-state index in [-0.39, 0.29) is 5.82 Å². The van der Waals surface area contributed by atoms with Gasteiger partial charge < -0.3 is 4.42 Å². The van der Waals surface area contributed by atoms with Gasteiger partial charge in [0.05, 0.1) is 6.21 Å². The highest BCUT2D eigenvalue weighted by molar-refractivity contribution is 14.1. The van der Waals surface area contributed by atoms with Crippen LogP contribution in [0.3, 0.4) is 0 Å². The number of hydrazone groups is 1. The van der Waals surface area contributed by atoms with Crippen molar-refractivity contribution in [3.05, 3.63) is 57.3 Å². The summed E-state index contributed by atoms with van der Waals surface area (Å²) in [5.74, 6) is -0.258. The van der Waals surface area contributed by atoms with E-state index in [0.717, 1.165) is 3.77 Å². The van der Waals surface area contributed by atoms with Crippen LogP contribution in [0.4, 0.5) is 4.39 Å². The highest BCUT2D eigenvalue weighted by atomic mass is 127. The Labute approximate surface area is 116 Å². The number of nitrogens with zero attached hydrogens (tertiary/aromatic N) is 1. The monoisotopic (exact) mass is 358 g/mol. The van der Waals surface area contributed by atoms with Crippen molar-refractivity contribution < 1.29 is 13.6 Å². The second kappa shape index (κ2) is 5.76. The molecule has 6 heteroatoms. The van der Waals surface area contributed by atoms with Crippen molar-refractivity contribution in [1.29, 1.82) is 0 Å². The number of halogens is 2. The molecule has 0 saturated carbocycles. The number of benzene rings is 1. The zero-order valence-corrected chi connectivity index (χ0v) is 11.2. The maximum Gasteiger partial charge on any atom is 0.271 e. The van der Waals surface area contributed by atoms with Crippen molar-refractivity contribution in [2.75, 3.05) is 0 Å². The van der Waals surface area contributed by atoms with E-state index in [1.54, 1.807) is 12.1 Å². The average molecular weight is 358 g/mol. The van der Waals surface area contributed by atoms with Gasteiger partial charge in [0, 0.05) is 5.56 Å². The lowest BCUT2D eigenvalue weighted by atomic mass is 10.2. The van der Waals surface area contributed by atoms with Crippen LogP contribution in [0.5, 0.6) is 0 Å². The van der Waals surface area contributed by atoms with Crippen LogP contribution in [0.15, 0.2) is 45.9 Å². The molecule has 92 valence electrons. The number of carbonyl (C=O) groups excluding carboxylic acids is 1. The molecule has 1 amide bonds. The van der Waals surface area contributed by atoms with E-state index in [0.29, 0.717) is 11.3 Å². The predicted octanol–water partition coefficient (Wildman–Crippen LogP) is 2.79. The molecule has 0 aliphatic rings. The van der Waals surface area contributed by atoms with Gasteiger partial charge in [-0.25, -0.2) is 9.82 Å². The van der Waals surface area contributed by atoms with E-state index in [2.05, 4.69) is 10.5 Å². The second-order valence-electron chi connectivity index (χ2n) is 3.35. The Hall–Kier alpha value is -1.70. The Morgan fingerprint density at radius 2 is 2.00 bits per heavy atom. The van der Waals surface area contributed by atoms with Crippen molar-refractivity contribution in [1.82, 2.24) is 5.43 Å². The minimum Gasteiger partial charge on any atom is -0.449 e. The maximum atomic E-state index is 12.7. The van der Waals surface area contributed by atoms with Crippen molar-refractivity contribution in [2.45, 2.75) is 0 Å². The predicted molar refractivity (Wildman–Crippen MR) is 72.9 cm³/mol. The SMILES string of the molecule is O=C(N/N=C/c1ccc(I)o1)c1ccc(F)cc1. The van der Waals surface area contributed by atoms with Crippen molar-refractivity contribution in [3.63, 3.8) is 0 Å². The van der Waals surface area contributed by atoms with Gasteiger partial charge in [-0.1, -0.05) is 0 Å². The van der Waals surface area contributed by atoms with Crippen LogP contribution in [-0.2, 0) is 0 Å². The van der Waals surface area contributed by atoms with Crippen LogP contribution >= 0.6 is 22.6 Å². The Bertz CT molecular complexity index is 578. The van der Waals surface area contributed by atoms with Gasteiger partial charge in [-0.05, 0) is 59.0 Å². The zero-order chi connectivity index (χ0) is 13.0. The molecular weight excluding hydrogens is 350 g/mol. The first-order chi connectivity index (χ1) is 8.65. The van der Waals surface area contributed by atoms with E-state index in [1.807, 2.05) is 22.6 Å². The molecule has 0 saturated heterocycles. The van der Waals surface area contributed by atoms with Crippen molar-refractivity contribution in [3.8, 4) is 0 Å². The van der Waals surface area contributed by atoms with Gasteiger partial charge in [-0.3, -0.25) is 4.79 Å². The largest absolute Gasteiger partial charge is 0.449 e. The molecule has 1 heterocycles. The zero-order valence-electron chi connectivity index (χ0n) is 9.06. The van der Waals surface area contributed by atoms with Gasteiger partial charge in [-0.15, -0.1) is 0 Å². The lowest BCUT2D eigenvalue weighted by molar-refractivity contribution is 0.0955. The third-order valence-corrected chi connectivity index (χ3v) is 2.64. The first-order valence-corrected chi connectivity index (χ1v) is 6.07. The van der Waals surface area contributed by atoms with Crippen LogP contribution < -0.4 is 5.43 Å². The fourth-order valence-corrected chi connectivity index (χ4v) is 1.65. The summed E-state index contributed by atoms with van der Waals surface area (Å²) in [6, 6.07) is 8.71. The number of furan rings is 1. The molecule has 0 fully saturated rings. The van der Waals surface area contributed by atoms with E-state index < -0.39 is 5.91 Å². The summed E-state index contributed by atoms with van der Waals surface area (Å²) < 4.78 is 18.6. The third-order valence-electron chi connectivity index (χ3n) is 2.06. The molecule has 4 nitrogen and oxygen atoms in total. The van der Waals surface area contributed by atoms with E-state index >= 15 is 0 Å². The Balaban J connectivity index is 1.96. The Morgan fingerprint density at radius 1 is 1.28 bits per heavy atom. The molecule has 2 rings (SSSR count). The molecule has 1 aromatic heterocycles. The molecule has 0 aliphatic heterocycles. The fourth-order valence-electron chi connectivity index (χ4n) is 1.22. The molecule has 0 atom stereocenters. The summed E-state index contributed by atoms with van der Waals surface area (Å²) in [5.41, 5.74) is 2.66. The normalized spacial score (nSPS) is 10.8. The van der Waals surface area contributed by atoms with Crippen LogP contribution in [0.2, 0.25) is 0 Å². The van der Waals surface area contributed by atoms with Crippen molar-refractivity contribution >= 4 is 34.7 Å². The third kappa shape index (κ3) is 3.39. The molecule has 18 heavy (non-hydrogen) atoms. The molecular formula is C12H8FIN2O2. The van der Waals surface area contributed by atoms with Gasteiger partial charge >= 0.3 is 0 Å². The lowest BCUT2D eigenvalue weighted by Crippen LogP contribution is -2.17. The quantitative estimate of drug-likeness (QED) is 0.521. The minimum atomic E-state index is -0.410. The second-order valence-corrected chi connectivity index (χ2v) is 4.41. The van der Waals surface area contributed by atoms with Crippen LogP contribution in [-0.4, -0.2) is 12.1 Å². The number of amides is 1. The van der Waals surface area contributed by atoms with Gasteiger partial charge in [0.2, 0.25) is 0 Å². The van der Waals surface area contributed by atoms with Crippen LogP contribution in [0.25, 0.3) is 0 Å². The molecule has 0 radical (unpaired) electrons. The molecule has 0 spiro atoms. The molecule has 0 aliphatic carbocycles. The van der Waals surface area contributed by atoms with Crippen LogP contribution in [0.1, 0.15) is 16.1 Å². The molecule has 1 N–H and O–H groups in total. The highest BCUT2D eigenvalue weighted by Crippen LogP contribution is 2.07. The van der Waals surface area contributed by atoms with E-state index in [4.69, 9.17) is 4.42 Å². The highest BCUT2D eigenvalue weighted by Gasteiger charge is 2.03. The summed E-state index contributed by atoms with van der Waals surface area (Å²) in [6.07, 6.45) is 1.39. The summed E-state index contributed by atoms with van der Waals surface area (Å²) >= 11 is 2.03. The van der Waals surface area contributed by atoms with Gasteiger partial charge in [0.1, 0.15) is 11.6 Å². The summed E-state index contributed by atoms with van der Waals surface area (Å²) in [7, 11) is 0. The van der Waals surface area contributed by atoms with E-state index in [1.165, 1.54) is 30.5 Å². The molecule has 0 bridgehead atoms. The molecule has 0 unspecified atom stereocenters.